The molecule has 18 atom stereocenters. The number of cyclic esters (lactones) is 1. The molecule has 4 heterocycles. The third-order valence-corrected chi connectivity index (χ3v) is 11.4. The first-order chi connectivity index (χ1) is 22.7. The summed E-state index contributed by atoms with van der Waals surface area (Å²) in [7, 11) is 5.20. The normalized spacial score (nSPS) is 50.6. The van der Waals surface area contributed by atoms with Gasteiger partial charge in [0.15, 0.2) is 24.0 Å². The van der Waals surface area contributed by atoms with E-state index in [1.807, 2.05) is 25.9 Å². The summed E-state index contributed by atoms with van der Waals surface area (Å²) in [4.78, 5) is 29.7. The molecule has 0 amide bonds. The number of esters is 1. The maximum absolute atomic E-state index is 13.9. The summed E-state index contributed by atoms with van der Waals surface area (Å²) in [6, 6.07) is -0.312. The van der Waals surface area contributed by atoms with Gasteiger partial charge >= 0.3 is 5.97 Å². The van der Waals surface area contributed by atoms with Crippen molar-refractivity contribution in [1.82, 2.24) is 4.90 Å². The Hall–Kier alpha value is -1.30. The Morgan fingerprint density at radius 3 is 2.04 bits per heavy atom. The molecular formula is C35H61NO13. The topological polar surface area (TPSA) is 186 Å². The van der Waals surface area contributed by atoms with Crippen LogP contribution in [0.2, 0.25) is 0 Å². The highest BCUT2D eigenvalue weighted by molar-refractivity contribution is 5.92. The molecule has 18 unspecified atom stereocenters. The maximum atomic E-state index is 13.9. The smallest absolute Gasteiger partial charge is 0.311 e. The Labute approximate surface area is 290 Å². The summed E-state index contributed by atoms with van der Waals surface area (Å²) in [6.07, 6.45) is -9.25. The van der Waals surface area contributed by atoms with Crippen molar-refractivity contribution in [3.05, 3.63) is 0 Å². The van der Waals surface area contributed by atoms with E-state index in [2.05, 4.69) is 0 Å². The standard InChI is InChI=1S/C35H61NO13/c1-16-12-23(36(9)10)28(39)33(45-16)49-31-19(4)29(48-25-13-24(43-11)27(38)22(7)46-25)20(5)32(41)47-21(6)17(2)26(37)18(3)30(40)35(15-44-35)14-34(31,8)42/h16-29,31,33,37-39,42H,12-15H2,1-11H3. The van der Waals surface area contributed by atoms with E-state index in [4.69, 9.17) is 33.2 Å². The summed E-state index contributed by atoms with van der Waals surface area (Å²) >= 11 is 0. The maximum Gasteiger partial charge on any atom is 0.311 e. The number of methoxy groups -OCH3 is 1. The quantitative estimate of drug-likeness (QED) is 0.227. The number of aliphatic hydroxyl groups is 4. The summed E-state index contributed by atoms with van der Waals surface area (Å²) in [5.41, 5.74) is -3.19. The van der Waals surface area contributed by atoms with Gasteiger partial charge in [-0.3, -0.25) is 9.59 Å². The first-order valence-electron chi connectivity index (χ1n) is 17.7. The molecule has 4 saturated heterocycles. The Morgan fingerprint density at radius 1 is 0.837 bits per heavy atom. The summed E-state index contributed by atoms with van der Waals surface area (Å²) in [6.45, 7) is 13.5. The minimum absolute atomic E-state index is 0.0478. The monoisotopic (exact) mass is 703 g/mol. The molecule has 1 spiro atoms. The SMILES string of the molecule is COC1CC(OC2C(C)C(=O)OC(C)C(C)C(O)C(C)C(=O)C3(CO3)CC(C)(O)C(OC3OC(C)CC(N(C)C)C3O)C2C)OC(C)C1O. The molecular weight excluding hydrogens is 642 g/mol. The van der Waals surface area contributed by atoms with Crippen LogP contribution in [0.3, 0.4) is 0 Å². The van der Waals surface area contributed by atoms with E-state index in [0.29, 0.717) is 6.42 Å². The molecule has 0 aliphatic carbocycles. The zero-order valence-electron chi connectivity index (χ0n) is 31.0. The number of hydrogen-bond acceptors (Lipinski definition) is 14. The minimum atomic E-state index is -1.81. The molecule has 14 nitrogen and oxygen atoms in total. The fourth-order valence-corrected chi connectivity index (χ4v) is 7.94. The summed E-state index contributed by atoms with van der Waals surface area (Å²) in [5.74, 6) is -4.25. The number of hydrogen-bond donors (Lipinski definition) is 4. The summed E-state index contributed by atoms with van der Waals surface area (Å²) in [5, 5.41) is 45.7. The van der Waals surface area contributed by atoms with Crippen LogP contribution in [-0.4, -0.2) is 150 Å². The van der Waals surface area contributed by atoms with Gasteiger partial charge in [0.25, 0.3) is 0 Å². The molecule has 284 valence electrons. The number of carbonyl (C=O) groups is 2. The number of likely N-dealkylation sites (N-methyl/N-ethyl adjacent to an activating group) is 1. The largest absolute Gasteiger partial charge is 0.462 e. The molecule has 4 rings (SSSR count). The number of epoxide rings is 1. The lowest BCUT2D eigenvalue weighted by molar-refractivity contribution is -0.311. The van der Waals surface area contributed by atoms with Gasteiger partial charge < -0.3 is 58.5 Å². The number of carbonyl (C=O) groups excluding carboxylic acids is 2. The van der Waals surface area contributed by atoms with Crippen molar-refractivity contribution in [2.24, 2.45) is 23.7 Å². The molecule has 0 aromatic heterocycles. The Bertz CT molecular complexity index is 1130. The highest BCUT2D eigenvalue weighted by atomic mass is 16.7. The molecule has 0 aromatic rings. The van der Waals surface area contributed by atoms with Crippen LogP contribution in [0.15, 0.2) is 0 Å². The Morgan fingerprint density at radius 2 is 1.47 bits per heavy atom. The number of nitrogens with zero attached hydrogens (tertiary/aromatic N) is 1. The van der Waals surface area contributed by atoms with Crippen LogP contribution in [0.25, 0.3) is 0 Å². The molecule has 49 heavy (non-hydrogen) atoms. The number of rotatable bonds is 6. The molecule has 0 aromatic carbocycles. The predicted molar refractivity (Wildman–Crippen MR) is 175 cm³/mol. The zero-order chi connectivity index (χ0) is 36.7. The van der Waals surface area contributed by atoms with E-state index in [1.54, 1.807) is 41.5 Å². The average Bonchev–Trinajstić information content (AvgIpc) is 3.81. The van der Waals surface area contributed by atoms with Crippen LogP contribution < -0.4 is 0 Å². The van der Waals surface area contributed by atoms with E-state index >= 15 is 0 Å². The molecule has 4 aliphatic rings. The van der Waals surface area contributed by atoms with E-state index in [-0.39, 0.29) is 37.4 Å². The van der Waals surface area contributed by atoms with Gasteiger partial charge in [-0.15, -0.1) is 0 Å². The van der Waals surface area contributed by atoms with Crippen LogP contribution in [0.4, 0.5) is 0 Å². The third-order valence-electron chi connectivity index (χ3n) is 11.4. The van der Waals surface area contributed by atoms with Crippen LogP contribution in [0.1, 0.15) is 74.7 Å². The van der Waals surface area contributed by atoms with Gasteiger partial charge in [0.2, 0.25) is 0 Å². The van der Waals surface area contributed by atoms with Gasteiger partial charge in [0.1, 0.15) is 18.3 Å². The molecule has 4 fully saturated rings. The van der Waals surface area contributed by atoms with E-state index in [1.165, 1.54) is 14.0 Å². The average molecular weight is 704 g/mol. The Balaban J connectivity index is 1.79. The number of Topliss-reactive ketones (excluding diaryl/α,β-unsaturated/α-hetero) is 1. The van der Waals surface area contributed by atoms with Gasteiger partial charge in [-0.05, 0) is 55.1 Å². The Kier molecular flexibility index (Phi) is 13.0. The fourth-order valence-electron chi connectivity index (χ4n) is 7.94. The van der Waals surface area contributed by atoms with Gasteiger partial charge in [0, 0.05) is 43.7 Å². The molecule has 0 radical (unpaired) electrons. The lowest BCUT2D eigenvalue weighted by atomic mass is 9.74. The van der Waals surface area contributed by atoms with E-state index in [0.717, 1.165) is 0 Å². The predicted octanol–water partition coefficient (Wildman–Crippen LogP) is 1.02. The third kappa shape index (κ3) is 8.68. The molecule has 4 N–H and O–H groups in total. The van der Waals surface area contributed by atoms with Crippen molar-refractivity contribution < 1.29 is 63.2 Å². The highest BCUT2D eigenvalue weighted by Gasteiger charge is 2.60. The number of ether oxygens (including phenoxy) is 7. The van der Waals surface area contributed by atoms with Crippen molar-refractivity contribution >= 4 is 11.8 Å². The van der Waals surface area contributed by atoms with Crippen molar-refractivity contribution in [2.45, 2.75) is 159 Å². The lowest BCUT2D eigenvalue weighted by Gasteiger charge is -2.48. The van der Waals surface area contributed by atoms with Crippen molar-refractivity contribution in [2.75, 3.05) is 27.8 Å². The van der Waals surface area contributed by atoms with Crippen molar-refractivity contribution in [3.8, 4) is 0 Å². The number of aliphatic hydroxyl groups excluding tert-OH is 3. The summed E-state index contributed by atoms with van der Waals surface area (Å²) < 4.78 is 42.5. The van der Waals surface area contributed by atoms with Gasteiger partial charge in [-0.1, -0.05) is 20.8 Å². The molecule has 4 aliphatic heterocycles. The first-order valence-corrected chi connectivity index (χ1v) is 17.7. The molecule has 14 heteroatoms. The van der Waals surface area contributed by atoms with Crippen LogP contribution >= 0.6 is 0 Å². The van der Waals surface area contributed by atoms with Gasteiger partial charge in [0.05, 0.1) is 54.7 Å². The second kappa shape index (κ2) is 15.7. The molecule has 0 saturated carbocycles. The van der Waals surface area contributed by atoms with Crippen LogP contribution in [-0.2, 0) is 42.7 Å². The van der Waals surface area contributed by atoms with E-state index in [9.17, 15) is 30.0 Å². The van der Waals surface area contributed by atoms with Crippen LogP contribution in [0.5, 0.6) is 0 Å². The van der Waals surface area contributed by atoms with E-state index < -0.39 is 102 Å². The highest BCUT2D eigenvalue weighted by Crippen LogP contribution is 2.45. The van der Waals surface area contributed by atoms with Crippen molar-refractivity contribution in [3.63, 3.8) is 0 Å². The van der Waals surface area contributed by atoms with Gasteiger partial charge in [-0.25, -0.2) is 0 Å². The van der Waals surface area contributed by atoms with Crippen LogP contribution in [0, 0.1) is 23.7 Å². The minimum Gasteiger partial charge on any atom is -0.462 e. The molecule has 0 bridgehead atoms. The zero-order valence-corrected chi connectivity index (χ0v) is 31.0. The number of ketones is 1. The van der Waals surface area contributed by atoms with Crippen molar-refractivity contribution in [1.29, 1.82) is 0 Å². The fraction of sp³-hybridized carbons (Fsp3) is 0.943. The van der Waals surface area contributed by atoms with Gasteiger partial charge in [-0.2, -0.15) is 0 Å². The second-order valence-electron chi connectivity index (χ2n) is 15.6. The first kappa shape index (κ1) is 40.5. The lowest BCUT2D eigenvalue weighted by Crippen LogP contribution is -2.60. The second-order valence-corrected chi connectivity index (χ2v) is 15.6.